The van der Waals surface area contributed by atoms with Crippen LogP contribution in [0, 0.1) is 23.7 Å². The van der Waals surface area contributed by atoms with Gasteiger partial charge in [-0.15, -0.1) is 0 Å². The zero-order chi connectivity index (χ0) is 22.0. The number of sulfonamides is 1. The van der Waals surface area contributed by atoms with Gasteiger partial charge in [0.25, 0.3) is 10.0 Å². The van der Waals surface area contributed by atoms with E-state index in [1.165, 1.54) is 29.2 Å². The SMILES string of the molecule is O=C1C2C3C=CC(C3)[C@@H]2C(=O)N1c1ccc(S(=O)(=O)Nc2cccc3cccnc23)cc1. The summed E-state index contributed by atoms with van der Waals surface area (Å²) in [6, 6.07) is 14.8. The number of benzene rings is 2. The van der Waals surface area contributed by atoms with Gasteiger partial charge in [0.2, 0.25) is 11.8 Å². The number of carbonyl (C=O) groups excluding carboxylic acids is 2. The molecule has 0 radical (unpaired) electrons. The molecule has 4 atom stereocenters. The highest BCUT2D eigenvalue weighted by atomic mass is 32.2. The number of fused-ring (bicyclic) bond motifs is 6. The van der Waals surface area contributed by atoms with Crippen LogP contribution in [0.3, 0.4) is 0 Å². The minimum absolute atomic E-state index is 0.0372. The van der Waals surface area contributed by atoms with Gasteiger partial charge < -0.3 is 0 Å². The van der Waals surface area contributed by atoms with Crippen molar-refractivity contribution in [2.24, 2.45) is 23.7 Å². The summed E-state index contributed by atoms with van der Waals surface area (Å²) in [6.45, 7) is 0. The van der Waals surface area contributed by atoms with Gasteiger partial charge in [0.05, 0.1) is 33.6 Å². The number of amides is 2. The molecule has 2 amide bonds. The van der Waals surface area contributed by atoms with E-state index in [1.807, 2.05) is 24.3 Å². The number of anilines is 2. The van der Waals surface area contributed by atoms with Crippen LogP contribution in [-0.2, 0) is 19.6 Å². The number of nitrogens with one attached hydrogen (secondary N) is 1. The van der Waals surface area contributed by atoms with Gasteiger partial charge in [-0.05, 0) is 54.7 Å². The molecule has 2 aromatic carbocycles. The molecule has 7 nitrogen and oxygen atoms in total. The van der Waals surface area contributed by atoms with Gasteiger partial charge >= 0.3 is 0 Å². The van der Waals surface area contributed by atoms with E-state index in [0.717, 1.165) is 11.8 Å². The molecule has 6 rings (SSSR count). The van der Waals surface area contributed by atoms with E-state index in [0.29, 0.717) is 16.9 Å². The molecule has 3 aliphatic rings. The van der Waals surface area contributed by atoms with Crippen molar-refractivity contribution in [3.05, 3.63) is 72.9 Å². The Morgan fingerprint density at radius 2 is 1.53 bits per heavy atom. The lowest BCUT2D eigenvalue weighted by molar-refractivity contribution is -0.123. The van der Waals surface area contributed by atoms with Crippen LogP contribution in [0.4, 0.5) is 11.4 Å². The van der Waals surface area contributed by atoms with Gasteiger partial charge in [0, 0.05) is 11.6 Å². The Morgan fingerprint density at radius 3 is 2.22 bits per heavy atom. The third-order valence-electron chi connectivity index (χ3n) is 6.75. The zero-order valence-electron chi connectivity index (χ0n) is 16.9. The predicted octanol–water partition coefficient (Wildman–Crippen LogP) is 3.35. The fourth-order valence-corrected chi connectivity index (χ4v) is 6.39. The Kier molecular flexibility index (Phi) is 4.04. The molecule has 1 aliphatic heterocycles. The van der Waals surface area contributed by atoms with E-state index in [-0.39, 0.29) is 40.4 Å². The Hall–Kier alpha value is -3.52. The fourth-order valence-electron chi connectivity index (χ4n) is 5.32. The lowest BCUT2D eigenvalue weighted by Gasteiger charge is -2.18. The molecule has 1 saturated carbocycles. The number of hydrogen-bond acceptors (Lipinski definition) is 5. The molecule has 160 valence electrons. The van der Waals surface area contributed by atoms with E-state index in [1.54, 1.807) is 24.4 Å². The van der Waals surface area contributed by atoms with Crippen molar-refractivity contribution in [1.29, 1.82) is 0 Å². The van der Waals surface area contributed by atoms with Crippen LogP contribution in [0.15, 0.2) is 77.8 Å². The average Bonchev–Trinajstić information content (AvgIpc) is 3.48. The number of carbonyl (C=O) groups is 2. The summed E-state index contributed by atoms with van der Waals surface area (Å²) in [5, 5.41) is 0.822. The van der Waals surface area contributed by atoms with E-state index < -0.39 is 10.0 Å². The second-order valence-electron chi connectivity index (χ2n) is 8.49. The number of pyridine rings is 1. The largest absolute Gasteiger partial charge is 0.277 e. The summed E-state index contributed by atoms with van der Waals surface area (Å²) in [4.78, 5) is 31.5. The lowest BCUT2D eigenvalue weighted by Crippen LogP contribution is -2.32. The Balaban J connectivity index is 1.28. The summed E-state index contributed by atoms with van der Waals surface area (Å²) in [7, 11) is -3.88. The van der Waals surface area contributed by atoms with E-state index in [4.69, 9.17) is 0 Å². The second kappa shape index (κ2) is 6.74. The zero-order valence-corrected chi connectivity index (χ0v) is 17.7. The predicted molar refractivity (Wildman–Crippen MR) is 119 cm³/mol. The molecular formula is C24H19N3O4S. The fraction of sp³-hybridized carbons (Fsp3) is 0.208. The van der Waals surface area contributed by atoms with Gasteiger partial charge in [-0.1, -0.05) is 30.4 Å². The Bertz CT molecular complexity index is 1380. The van der Waals surface area contributed by atoms with Crippen molar-refractivity contribution in [3.8, 4) is 0 Å². The highest BCUT2D eigenvalue weighted by Crippen LogP contribution is 2.53. The number of rotatable bonds is 4. The number of allylic oxidation sites excluding steroid dienone is 2. The third-order valence-corrected chi connectivity index (χ3v) is 8.13. The normalized spacial score (nSPS) is 26.2. The number of aromatic nitrogens is 1. The molecule has 2 bridgehead atoms. The number of para-hydroxylation sites is 1. The van der Waals surface area contributed by atoms with Gasteiger partial charge in [-0.25, -0.2) is 8.42 Å². The maximum Gasteiger partial charge on any atom is 0.261 e. The van der Waals surface area contributed by atoms with E-state index in [9.17, 15) is 18.0 Å². The molecule has 8 heteroatoms. The molecule has 1 N–H and O–H groups in total. The summed E-state index contributed by atoms with van der Waals surface area (Å²) in [6.07, 6.45) is 6.57. The van der Waals surface area contributed by atoms with Crippen molar-refractivity contribution in [2.45, 2.75) is 11.3 Å². The van der Waals surface area contributed by atoms with Crippen molar-refractivity contribution in [3.63, 3.8) is 0 Å². The number of hydrogen-bond donors (Lipinski definition) is 1. The maximum atomic E-state index is 13.0. The minimum atomic E-state index is -3.88. The third kappa shape index (κ3) is 2.72. The number of imide groups is 1. The molecule has 3 unspecified atom stereocenters. The summed E-state index contributed by atoms with van der Waals surface area (Å²) >= 11 is 0. The van der Waals surface area contributed by atoms with Crippen LogP contribution in [0.25, 0.3) is 10.9 Å². The molecule has 2 fully saturated rings. The van der Waals surface area contributed by atoms with Crippen molar-refractivity contribution in [1.82, 2.24) is 4.98 Å². The molecule has 1 aromatic heterocycles. The van der Waals surface area contributed by atoms with Crippen LogP contribution in [0.5, 0.6) is 0 Å². The van der Waals surface area contributed by atoms with Gasteiger partial charge in [-0.2, -0.15) is 0 Å². The molecular weight excluding hydrogens is 426 g/mol. The molecule has 2 heterocycles. The Labute approximate surface area is 184 Å². The highest BCUT2D eigenvalue weighted by Gasteiger charge is 2.59. The van der Waals surface area contributed by atoms with Crippen molar-refractivity contribution < 1.29 is 18.0 Å². The van der Waals surface area contributed by atoms with Crippen LogP contribution in [0.1, 0.15) is 6.42 Å². The standard InChI is InChI=1S/C24H19N3O4S/c28-23-20-15-6-7-16(13-15)21(20)24(29)27(23)17-8-10-18(11-9-17)32(30,31)26-19-5-1-3-14-4-2-12-25-22(14)19/h1-12,15-16,20-21,26H,13H2/t15?,16?,20-,21?/m0/s1. The smallest absolute Gasteiger partial charge is 0.261 e. The van der Waals surface area contributed by atoms with E-state index in [2.05, 4.69) is 9.71 Å². The first kappa shape index (κ1) is 19.2. The van der Waals surface area contributed by atoms with Crippen molar-refractivity contribution in [2.75, 3.05) is 9.62 Å². The van der Waals surface area contributed by atoms with Gasteiger partial charge in [-0.3, -0.25) is 24.2 Å². The van der Waals surface area contributed by atoms with Gasteiger partial charge in [0.15, 0.2) is 0 Å². The maximum absolute atomic E-state index is 13.0. The number of nitrogens with zero attached hydrogens (tertiary/aromatic N) is 2. The molecule has 2 aliphatic carbocycles. The first-order valence-corrected chi connectivity index (χ1v) is 12.0. The van der Waals surface area contributed by atoms with Crippen LogP contribution in [-0.4, -0.2) is 25.2 Å². The quantitative estimate of drug-likeness (QED) is 0.491. The minimum Gasteiger partial charge on any atom is -0.277 e. The first-order valence-electron chi connectivity index (χ1n) is 10.5. The molecule has 3 aromatic rings. The van der Waals surface area contributed by atoms with Crippen LogP contribution >= 0.6 is 0 Å². The van der Waals surface area contributed by atoms with Crippen LogP contribution < -0.4 is 9.62 Å². The Morgan fingerprint density at radius 1 is 0.875 bits per heavy atom. The topological polar surface area (TPSA) is 96.4 Å². The van der Waals surface area contributed by atoms with Gasteiger partial charge in [0.1, 0.15) is 0 Å². The average molecular weight is 446 g/mol. The lowest BCUT2D eigenvalue weighted by atomic mass is 9.85. The van der Waals surface area contributed by atoms with Crippen LogP contribution in [0.2, 0.25) is 0 Å². The monoisotopic (exact) mass is 445 g/mol. The summed E-state index contributed by atoms with van der Waals surface area (Å²) in [5.74, 6) is -0.697. The highest BCUT2D eigenvalue weighted by molar-refractivity contribution is 7.92. The summed E-state index contributed by atoms with van der Waals surface area (Å²) < 4.78 is 28.5. The molecule has 1 saturated heterocycles. The summed E-state index contributed by atoms with van der Waals surface area (Å²) in [5.41, 5.74) is 1.34. The first-order chi connectivity index (χ1) is 15.4. The second-order valence-corrected chi connectivity index (χ2v) is 10.2. The van der Waals surface area contributed by atoms with Crippen molar-refractivity contribution >= 4 is 44.1 Å². The molecule has 32 heavy (non-hydrogen) atoms. The van der Waals surface area contributed by atoms with E-state index >= 15 is 0 Å². The molecule has 0 spiro atoms.